The molecule has 0 rings (SSSR count). The van der Waals surface area contributed by atoms with Crippen molar-refractivity contribution in [2.45, 2.75) is 0 Å². The van der Waals surface area contributed by atoms with Crippen molar-refractivity contribution in [1.82, 2.24) is 0 Å². The third-order valence-corrected chi connectivity index (χ3v) is 0. The van der Waals surface area contributed by atoms with E-state index in [1.165, 1.54) is 0 Å². The molecule has 49 valence electrons. The fraction of sp³-hybridized carbons (Fsp3) is 0. The molecular formula is H3O6PV. The molecule has 0 aliphatic carbocycles. The SMILES string of the molecule is O.O=P([O-])([O-])O.[O]=[V+2]. The zero-order valence-corrected chi connectivity index (χ0v) is 5.77. The molecule has 6 nitrogen and oxygen atoms in total. The van der Waals surface area contributed by atoms with Gasteiger partial charge >= 0.3 is 21.0 Å². The van der Waals surface area contributed by atoms with Gasteiger partial charge in [0.1, 0.15) is 0 Å². The van der Waals surface area contributed by atoms with E-state index < -0.39 is 7.82 Å². The van der Waals surface area contributed by atoms with Crippen molar-refractivity contribution in [2.75, 3.05) is 0 Å². The van der Waals surface area contributed by atoms with E-state index in [1.807, 2.05) is 0 Å². The van der Waals surface area contributed by atoms with Crippen LogP contribution in [-0.4, -0.2) is 10.4 Å². The third-order valence-electron chi connectivity index (χ3n) is 0. The summed E-state index contributed by atoms with van der Waals surface area (Å²) in [5.41, 5.74) is 0. The van der Waals surface area contributed by atoms with Crippen molar-refractivity contribution in [3.05, 3.63) is 0 Å². The molecule has 8 heteroatoms. The van der Waals surface area contributed by atoms with Gasteiger partial charge < -0.3 is 24.7 Å². The molecule has 0 aromatic rings. The molecule has 0 saturated carbocycles. The number of phosphoric acid groups is 1. The Bertz CT molecular complexity index is 64.3. The molecule has 0 spiro atoms. The van der Waals surface area contributed by atoms with Crippen LogP contribution in [0.2, 0.25) is 0 Å². The average Bonchev–Trinajstić information content (AvgIpc) is 1.36. The van der Waals surface area contributed by atoms with E-state index in [1.54, 1.807) is 0 Å². The number of rotatable bonds is 0. The van der Waals surface area contributed by atoms with Gasteiger partial charge in [-0.25, -0.2) is 0 Å². The van der Waals surface area contributed by atoms with Crippen LogP contribution in [0.5, 0.6) is 0 Å². The van der Waals surface area contributed by atoms with Gasteiger partial charge in [-0.1, -0.05) is 0 Å². The molecule has 0 atom stereocenters. The van der Waals surface area contributed by atoms with E-state index in [0.29, 0.717) is 0 Å². The van der Waals surface area contributed by atoms with Crippen LogP contribution in [0.25, 0.3) is 0 Å². The summed E-state index contributed by atoms with van der Waals surface area (Å²) < 4.78 is 16.8. The predicted octanol–water partition coefficient (Wildman–Crippen LogP) is -3.14. The summed E-state index contributed by atoms with van der Waals surface area (Å²) in [6.45, 7) is 0. The molecule has 0 fully saturated rings. The van der Waals surface area contributed by atoms with Gasteiger partial charge in [-0.05, 0) is 0 Å². The van der Waals surface area contributed by atoms with Gasteiger partial charge in [0.25, 0.3) is 0 Å². The summed E-state index contributed by atoms with van der Waals surface area (Å²) >= 11 is 1.06. The molecule has 0 unspecified atom stereocenters. The molecular weight excluding hydrogens is 178 g/mol. The van der Waals surface area contributed by atoms with E-state index >= 15 is 0 Å². The molecule has 0 aliphatic heterocycles. The quantitative estimate of drug-likeness (QED) is 0.394. The summed E-state index contributed by atoms with van der Waals surface area (Å²) in [6, 6.07) is 0. The molecule has 0 bridgehead atoms. The van der Waals surface area contributed by atoms with Crippen molar-refractivity contribution >= 4 is 7.82 Å². The third kappa shape index (κ3) is 930. The van der Waals surface area contributed by atoms with Gasteiger partial charge in [-0.2, -0.15) is 0 Å². The summed E-state index contributed by atoms with van der Waals surface area (Å²) in [5.74, 6) is 0. The van der Waals surface area contributed by atoms with Crippen LogP contribution in [0.1, 0.15) is 0 Å². The molecule has 0 radical (unpaired) electrons. The maximum absolute atomic E-state index is 8.66. The number of hydrogen-bond donors (Lipinski definition) is 1. The Morgan fingerprint density at radius 3 is 1.38 bits per heavy atom. The van der Waals surface area contributed by atoms with Crippen LogP contribution in [0.4, 0.5) is 0 Å². The first-order valence-electron chi connectivity index (χ1n) is 0.930. The minimum absolute atomic E-state index is 0. The Morgan fingerprint density at radius 2 is 1.38 bits per heavy atom. The Morgan fingerprint density at radius 1 is 1.38 bits per heavy atom. The van der Waals surface area contributed by atoms with Crippen molar-refractivity contribution < 1.29 is 45.8 Å². The molecule has 3 N–H and O–H groups in total. The van der Waals surface area contributed by atoms with Crippen LogP contribution in [0, 0.1) is 0 Å². The van der Waals surface area contributed by atoms with Gasteiger partial charge in [-0.3, -0.25) is 0 Å². The second kappa shape index (κ2) is 7.45. The van der Waals surface area contributed by atoms with Crippen LogP contribution in [0.3, 0.4) is 0 Å². The second-order valence-electron chi connectivity index (χ2n) is 0.469. The fourth-order valence-electron chi connectivity index (χ4n) is 0. The maximum atomic E-state index is 8.66. The van der Waals surface area contributed by atoms with Gasteiger partial charge in [-0.15, -0.1) is 0 Å². The minimum atomic E-state index is -5.14. The molecule has 0 amide bonds. The fourth-order valence-corrected chi connectivity index (χ4v) is 0. The van der Waals surface area contributed by atoms with Crippen LogP contribution < -0.4 is 9.79 Å². The van der Waals surface area contributed by atoms with E-state index in [9.17, 15) is 0 Å². The van der Waals surface area contributed by atoms with Crippen molar-refractivity contribution in [3.63, 3.8) is 0 Å². The summed E-state index contributed by atoms with van der Waals surface area (Å²) in [7, 11) is -5.14. The Balaban J connectivity index is -0.0000000750. The van der Waals surface area contributed by atoms with Gasteiger partial charge in [0, 0.05) is 0 Å². The zero-order chi connectivity index (χ0) is 6.50. The first kappa shape index (κ1) is 15.8. The van der Waals surface area contributed by atoms with E-state index in [2.05, 4.69) is 0 Å². The van der Waals surface area contributed by atoms with E-state index in [4.69, 9.17) is 22.9 Å². The Labute approximate surface area is 54.3 Å². The van der Waals surface area contributed by atoms with Crippen molar-refractivity contribution in [1.29, 1.82) is 0 Å². The molecule has 0 aliphatic rings. The Kier molecular flexibility index (Phi) is 14.7. The van der Waals surface area contributed by atoms with Crippen LogP contribution in [0.15, 0.2) is 0 Å². The van der Waals surface area contributed by atoms with Gasteiger partial charge in [0.2, 0.25) is 0 Å². The predicted molar refractivity (Wildman–Crippen MR) is 14.1 cm³/mol. The molecule has 0 saturated heterocycles. The van der Waals surface area contributed by atoms with Crippen LogP contribution in [-0.2, 0) is 25.6 Å². The molecule has 8 heavy (non-hydrogen) atoms. The first-order valence-corrected chi connectivity index (χ1v) is 3.00. The molecule has 0 aromatic heterocycles. The summed E-state index contributed by atoms with van der Waals surface area (Å²) in [5, 5.41) is 0. The average molecular weight is 181 g/mol. The summed E-state index contributed by atoms with van der Waals surface area (Å²) in [4.78, 5) is 24.3. The van der Waals surface area contributed by atoms with Crippen molar-refractivity contribution in [2.24, 2.45) is 0 Å². The molecule has 0 aromatic carbocycles. The van der Waals surface area contributed by atoms with Crippen LogP contribution >= 0.6 is 7.82 Å². The normalized spacial score (nSPS) is 8.12. The topological polar surface area (TPSA) is 132 Å². The molecule has 0 heterocycles. The van der Waals surface area contributed by atoms with Crippen molar-refractivity contribution in [3.8, 4) is 0 Å². The standard InChI is InChI=1S/H3O4P.H2O.O.V/c1-5(2,3)4;;;/h(H3,1,2,3,4);1H2;;/q;;;+2/p-2. The van der Waals surface area contributed by atoms with E-state index in [-0.39, 0.29) is 5.48 Å². The number of hydrogen-bond acceptors (Lipinski definition) is 4. The summed E-state index contributed by atoms with van der Waals surface area (Å²) in [6.07, 6.45) is 0. The monoisotopic (exact) mass is 181 g/mol. The van der Waals surface area contributed by atoms with E-state index in [0.717, 1.165) is 17.4 Å². The Hall–Kier alpha value is 0.454. The van der Waals surface area contributed by atoms with Gasteiger partial charge in [0.15, 0.2) is 0 Å². The second-order valence-corrected chi connectivity index (χ2v) is 1.41. The zero-order valence-electron chi connectivity index (χ0n) is 3.47. The van der Waals surface area contributed by atoms with Gasteiger partial charge in [0.05, 0.1) is 7.82 Å². The first-order chi connectivity index (χ1) is 3.00.